The van der Waals surface area contributed by atoms with E-state index in [1.54, 1.807) is 0 Å². The summed E-state index contributed by atoms with van der Waals surface area (Å²) >= 11 is 0. The van der Waals surface area contributed by atoms with Gasteiger partial charge in [-0.1, -0.05) is 6.42 Å². The Morgan fingerprint density at radius 2 is 1.95 bits per heavy atom. The Morgan fingerprint density at radius 1 is 1.25 bits per heavy atom. The highest BCUT2D eigenvalue weighted by Crippen LogP contribution is 1.97. The number of unbranched alkanes of at least 4 members (excludes halogenated alkanes) is 1. The van der Waals surface area contributed by atoms with Crippen molar-refractivity contribution in [3.8, 4) is 0 Å². The lowest BCUT2D eigenvalue weighted by atomic mass is 10.1. The Kier molecular flexibility index (Phi) is 10.9. The summed E-state index contributed by atoms with van der Waals surface area (Å²) in [5, 5.41) is 17.6. The van der Waals surface area contributed by atoms with Gasteiger partial charge in [-0.2, -0.15) is 0 Å². The van der Waals surface area contributed by atoms with Gasteiger partial charge in [0.1, 0.15) is 6.29 Å². The summed E-state index contributed by atoms with van der Waals surface area (Å²) in [6.45, 7) is -0.295. The van der Waals surface area contributed by atoms with Crippen LogP contribution in [0.5, 0.6) is 0 Å². The normalized spacial score (nSPS) is 13.8. The summed E-state index contributed by atoms with van der Waals surface area (Å²) in [6, 6.07) is -0.451. The number of aliphatic hydroxyl groups is 2. The second-order valence-corrected chi connectivity index (χ2v) is 4.41. The molecule has 0 spiro atoms. The third-order valence-corrected chi connectivity index (χ3v) is 2.61. The Morgan fingerprint density at radius 3 is 2.50 bits per heavy atom. The molecule has 0 bridgehead atoms. The van der Waals surface area contributed by atoms with Crippen LogP contribution in [0.15, 0.2) is 0 Å². The van der Waals surface area contributed by atoms with Crippen molar-refractivity contribution in [1.82, 2.24) is 10.9 Å². The van der Waals surface area contributed by atoms with Gasteiger partial charge in [0.05, 0.1) is 25.3 Å². The first-order valence-electron chi connectivity index (χ1n) is 6.53. The van der Waals surface area contributed by atoms with Gasteiger partial charge in [-0.15, -0.1) is 0 Å². The molecule has 0 heterocycles. The van der Waals surface area contributed by atoms with Crippen LogP contribution in [0, 0.1) is 0 Å². The van der Waals surface area contributed by atoms with Crippen molar-refractivity contribution in [1.29, 1.82) is 0 Å². The van der Waals surface area contributed by atoms with E-state index >= 15 is 0 Å². The minimum atomic E-state index is -1.22. The van der Waals surface area contributed by atoms with Crippen LogP contribution in [-0.2, 0) is 14.4 Å². The molecular weight excluding hydrogens is 266 g/mol. The molecule has 2 atom stereocenters. The summed E-state index contributed by atoms with van der Waals surface area (Å²) in [6.07, 6.45) is 1.25. The van der Waals surface area contributed by atoms with Crippen LogP contribution in [0.25, 0.3) is 0 Å². The summed E-state index contributed by atoms with van der Waals surface area (Å²) in [7, 11) is 0. The first-order chi connectivity index (χ1) is 9.54. The number of carbonyl (C=O) groups is 3. The van der Waals surface area contributed by atoms with Crippen LogP contribution >= 0.6 is 0 Å². The number of Topliss-reactive ketones (excluding diaryl/α,β-unsaturated/α-hetero) is 2. The van der Waals surface area contributed by atoms with Crippen molar-refractivity contribution < 1.29 is 24.6 Å². The van der Waals surface area contributed by atoms with E-state index in [1.807, 2.05) is 0 Å². The van der Waals surface area contributed by atoms with Gasteiger partial charge in [-0.25, -0.2) is 10.9 Å². The van der Waals surface area contributed by atoms with E-state index in [1.165, 1.54) is 0 Å². The maximum atomic E-state index is 11.4. The maximum absolute atomic E-state index is 11.4. The highest BCUT2D eigenvalue weighted by atomic mass is 16.3. The van der Waals surface area contributed by atoms with E-state index < -0.39 is 36.7 Å². The topological polar surface area (TPSA) is 142 Å². The zero-order valence-electron chi connectivity index (χ0n) is 11.4. The van der Waals surface area contributed by atoms with Gasteiger partial charge in [-0.05, 0) is 19.4 Å². The molecule has 0 rings (SSSR count). The molecule has 0 aromatic carbocycles. The fourth-order valence-electron chi connectivity index (χ4n) is 1.44. The van der Waals surface area contributed by atoms with E-state index in [-0.39, 0.29) is 6.54 Å². The number of hydrazine groups is 1. The van der Waals surface area contributed by atoms with Crippen molar-refractivity contribution in [2.45, 2.75) is 37.8 Å². The molecule has 8 heteroatoms. The second-order valence-electron chi connectivity index (χ2n) is 4.41. The average Bonchev–Trinajstić information content (AvgIpc) is 2.45. The van der Waals surface area contributed by atoms with Crippen LogP contribution < -0.4 is 16.6 Å². The Labute approximate surface area is 117 Å². The van der Waals surface area contributed by atoms with Crippen LogP contribution in [0.3, 0.4) is 0 Å². The molecule has 6 N–H and O–H groups in total. The standard InChI is InChI=1S/C12H23N3O5/c13-4-2-1-3-9(7-16)15-14-6-12(20)11(19)5-10(18)8-17/h7,9-10,14-15,17-18H,1-6,8,13H2/t9-,10+/m1/s1. The number of aldehydes is 1. The van der Waals surface area contributed by atoms with Gasteiger partial charge in [0.2, 0.25) is 11.6 Å². The molecular formula is C12H23N3O5. The highest BCUT2D eigenvalue weighted by Gasteiger charge is 2.17. The zero-order chi connectivity index (χ0) is 15.4. The lowest BCUT2D eigenvalue weighted by Gasteiger charge is -2.13. The summed E-state index contributed by atoms with van der Waals surface area (Å²) in [5.41, 5.74) is 10.5. The third kappa shape index (κ3) is 8.83. The minimum Gasteiger partial charge on any atom is -0.394 e. The smallest absolute Gasteiger partial charge is 0.213 e. The molecule has 0 saturated heterocycles. The van der Waals surface area contributed by atoms with Gasteiger partial charge in [0.15, 0.2) is 0 Å². The molecule has 0 amide bonds. The fourth-order valence-corrected chi connectivity index (χ4v) is 1.44. The molecule has 0 saturated carbocycles. The van der Waals surface area contributed by atoms with Crippen LogP contribution in [0.2, 0.25) is 0 Å². The first-order valence-corrected chi connectivity index (χ1v) is 6.53. The highest BCUT2D eigenvalue weighted by molar-refractivity contribution is 6.38. The number of ketones is 2. The number of aliphatic hydroxyl groups excluding tert-OH is 2. The van der Waals surface area contributed by atoms with Crippen LogP contribution in [0.4, 0.5) is 0 Å². The predicted molar refractivity (Wildman–Crippen MR) is 71.6 cm³/mol. The molecule has 8 nitrogen and oxygen atoms in total. The predicted octanol–water partition coefficient (Wildman–Crippen LogP) is -2.34. The molecule has 0 radical (unpaired) electrons. The van der Waals surface area contributed by atoms with Gasteiger partial charge >= 0.3 is 0 Å². The van der Waals surface area contributed by atoms with Gasteiger partial charge in [-0.3, -0.25) is 9.59 Å². The molecule has 0 fully saturated rings. The van der Waals surface area contributed by atoms with Gasteiger partial charge in [0.25, 0.3) is 0 Å². The van der Waals surface area contributed by atoms with E-state index in [4.69, 9.17) is 15.9 Å². The third-order valence-electron chi connectivity index (χ3n) is 2.61. The quantitative estimate of drug-likeness (QED) is 0.110. The second kappa shape index (κ2) is 11.6. The molecule has 0 aliphatic heterocycles. The van der Waals surface area contributed by atoms with Crippen molar-refractivity contribution in [3.63, 3.8) is 0 Å². The van der Waals surface area contributed by atoms with Crippen molar-refractivity contribution in [2.24, 2.45) is 5.73 Å². The Bertz CT molecular complexity index is 311. The Balaban J connectivity index is 3.87. The number of hydrogen-bond acceptors (Lipinski definition) is 8. The number of rotatable bonds is 13. The lowest BCUT2D eigenvalue weighted by Crippen LogP contribution is -2.45. The largest absolute Gasteiger partial charge is 0.394 e. The number of carbonyl (C=O) groups excluding carboxylic acids is 3. The number of hydrogen-bond donors (Lipinski definition) is 5. The van der Waals surface area contributed by atoms with Gasteiger partial charge in [0, 0.05) is 6.42 Å². The fraction of sp³-hybridized carbons (Fsp3) is 0.750. The van der Waals surface area contributed by atoms with E-state index in [9.17, 15) is 14.4 Å². The summed E-state index contributed by atoms with van der Waals surface area (Å²) in [5.74, 6) is -1.50. The number of nitrogens with one attached hydrogen (secondary N) is 2. The Hall–Kier alpha value is -1.19. The van der Waals surface area contributed by atoms with Crippen LogP contribution in [0.1, 0.15) is 25.7 Å². The van der Waals surface area contributed by atoms with Crippen molar-refractivity contribution in [2.75, 3.05) is 19.7 Å². The molecule has 0 aliphatic rings. The van der Waals surface area contributed by atoms with Crippen molar-refractivity contribution in [3.05, 3.63) is 0 Å². The minimum absolute atomic E-state index is 0.280. The first kappa shape index (κ1) is 18.8. The zero-order valence-corrected chi connectivity index (χ0v) is 11.4. The lowest BCUT2D eigenvalue weighted by molar-refractivity contribution is -0.137. The molecule has 0 aliphatic carbocycles. The molecule has 0 unspecified atom stereocenters. The molecule has 0 aromatic rings. The number of nitrogens with two attached hydrogens (primary N) is 1. The SMILES string of the molecule is NCCCC[C@H](C=O)NNCC(=O)C(=O)C[C@H](O)CO. The maximum Gasteiger partial charge on any atom is 0.213 e. The van der Waals surface area contributed by atoms with Gasteiger partial charge < -0.3 is 20.7 Å². The summed E-state index contributed by atoms with van der Waals surface area (Å²) in [4.78, 5) is 33.4. The van der Waals surface area contributed by atoms with Crippen LogP contribution in [-0.4, -0.2) is 59.9 Å². The molecule has 0 aromatic heterocycles. The van der Waals surface area contributed by atoms with E-state index in [2.05, 4.69) is 10.9 Å². The van der Waals surface area contributed by atoms with Crippen molar-refractivity contribution >= 4 is 17.9 Å². The van der Waals surface area contributed by atoms with E-state index in [0.29, 0.717) is 19.3 Å². The molecule has 20 heavy (non-hydrogen) atoms. The average molecular weight is 289 g/mol. The summed E-state index contributed by atoms with van der Waals surface area (Å²) < 4.78 is 0. The molecule has 116 valence electrons. The monoisotopic (exact) mass is 289 g/mol. The van der Waals surface area contributed by atoms with E-state index in [0.717, 1.165) is 12.8 Å².